The molecule has 0 aliphatic carbocycles. The molecule has 3 aliphatic rings. The molecule has 3 saturated heterocycles. The zero-order valence-corrected chi connectivity index (χ0v) is 9.41. The van der Waals surface area contributed by atoms with Crippen LogP contribution in [0.25, 0.3) is 0 Å². The minimum absolute atomic E-state index is 0.975. The van der Waals surface area contributed by atoms with Crippen molar-refractivity contribution in [3.05, 3.63) is 0 Å². The van der Waals surface area contributed by atoms with Crippen LogP contribution >= 0.6 is 0 Å². The highest BCUT2D eigenvalue weighted by atomic mass is 15.2. The van der Waals surface area contributed by atoms with E-state index in [0.29, 0.717) is 0 Å². The molecule has 3 aliphatic heterocycles. The topological polar surface area (TPSA) is 3.24 Å². The maximum Gasteiger partial charge on any atom is 0.0104 e. The highest BCUT2D eigenvalue weighted by molar-refractivity contribution is 4.96. The molecule has 3 fully saturated rings. The van der Waals surface area contributed by atoms with Crippen molar-refractivity contribution in [3.8, 4) is 0 Å². The van der Waals surface area contributed by atoms with Gasteiger partial charge in [-0.3, -0.25) is 4.90 Å². The summed E-state index contributed by atoms with van der Waals surface area (Å²) in [5.74, 6) is 0.998. The Bertz CT molecular complexity index is 193. The van der Waals surface area contributed by atoms with Crippen LogP contribution < -0.4 is 0 Å². The molecular formula is C13H23N. The molecule has 14 heavy (non-hydrogen) atoms. The van der Waals surface area contributed by atoms with Gasteiger partial charge in [0.2, 0.25) is 0 Å². The van der Waals surface area contributed by atoms with Crippen LogP contribution in [-0.2, 0) is 0 Å². The van der Waals surface area contributed by atoms with E-state index < -0.39 is 0 Å². The lowest BCUT2D eigenvalue weighted by Crippen LogP contribution is -2.57. The molecule has 0 bridgehead atoms. The first-order valence-electron chi connectivity index (χ1n) is 6.62. The lowest BCUT2D eigenvalue weighted by atomic mass is 9.75. The number of hydrogen-bond acceptors (Lipinski definition) is 1. The zero-order valence-electron chi connectivity index (χ0n) is 9.41. The van der Waals surface area contributed by atoms with Gasteiger partial charge < -0.3 is 0 Å². The molecule has 1 heteroatoms. The summed E-state index contributed by atoms with van der Waals surface area (Å²) >= 11 is 0. The van der Waals surface area contributed by atoms with E-state index in [0.717, 1.165) is 24.0 Å². The van der Waals surface area contributed by atoms with E-state index in [2.05, 4.69) is 11.8 Å². The van der Waals surface area contributed by atoms with Crippen LogP contribution in [0.1, 0.15) is 58.3 Å². The fourth-order valence-corrected chi connectivity index (χ4v) is 4.32. The molecule has 3 heterocycles. The van der Waals surface area contributed by atoms with Gasteiger partial charge in [-0.15, -0.1) is 0 Å². The monoisotopic (exact) mass is 193 g/mol. The van der Waals surface area contributed by atoms with Crippen LogP contribution in [0.3, 0.4) is 0 Å². The molecule has 0 radical (unpaired) electrons. The van der Waals surface area contributed by atoms with E-state index in [4.69, 9.17) is 0 Å². The Balaban J connectivity index is 1.82. The summed E-state index contributed by atoms with van der Waals surface area (Å²) in [5.41, 5.74) is 0. The second-order valence-corrected chi connectivity index (χ2v) is 5.85. The van der Waals surface area contributed by atoms with Gasteiger partial charge in [-0.05, 0) is 44.4 Å². The molecule has 1 nitrogen and oxygen atoms in total. The van der Waals surface area contributed by atoms with Crippen molar-refractivity contribution in [3.63, 3.8) is 0 Å². The fourth-order valence-electron chi connectivity index (χ4n) is 4.32. The van der Waals surface area contributed by atoms with Gasteiger partial charge in [0.05, 0.1) is 0 Å². The van der Waals surface area contributed by atoms with Crippen LogP contribution in [0, 0.1) is 5.92 Å². The normalized spacial score (nSPS) is 48.6. The van der Waals surface area contributed by atoms with Crippen LogP contribution in [0.2, 0.25) is 0 Å². The summed E-state index contributed by atoms with van der Waals surface area (Å²) in [6, 6.07) is 2.94. The predicted molar refractivity (Wildman–Crippen MR) is 59.3 cm³/mol. The van der Waals surface area contributed by atoms with Gasteiger partial charge in [-0.25, -0.2) is 0 Å². The smallest absolute Gasteiger partial charge is 0.0104 e. The standard InChI is InChI=1S/C13H23N/c1-10-8-12-6-2-4-11-5-3-7-13(9-10)14(11)12/h10-13H,2-9H2,1H3/t10?,11?,12-,13+. The van der Waals surface area contributed by atoms with E-state index >= 15 is 0 Å². The predicted octanol–water partition coefficient (Wildman–Crippen LogP) is 3.19. The number of rotatable bonds is 0. The quantitative estimate of drug-likeness (QED) is 0.571. The first-order valence-corrected chi connectivity index (χ1v) is 6.62. The lowest BCUT2D eigenvalue weighted by molar-refractivity contribution is -0.0409. The Labute approximate surface area is 87.9 Å². The molecule has 0 saturated carbocycles. The average molecular weight is 193 g/mol. The second kappa shape index (κ2) is 3.52. The van der Waals surface area contributed by atoms with Gasteiger partial charge in [0, 0.05) is 18.1 Å². The molecule has 2 unspecified atom stereocenters. The molecule has 0 aromatic carbocycles. The van der Waals surface area contributed by atoms with Gasteiger partial charge in [0.15, 0.2) is 0 Å². The largest absolute Gasteiger partial charge is 0.294 e. The maximum absolute atomic E-state index is 2.94. The van der Waals surface area contributed by atoms with Crippen molar-refractivity contribution in [2.75, 3.05) is 0 Å². The Morgan fingerprint density at radius 1 is 0.786 bits per heavy atom. The van der Waals surface area contributed by atoms with Crippen molar-refractivity contribution in [1.29, 1.82) is 0 Å². The molecule has 3 rings (SSSR count). The van der Waals surface area contributed by atoms with Crippen LogP contribution in [-0.4, -0.2) is 23.0 Å². The minimum Gasteiger partial charge on any atom is -0.294 e. The van der Waals surface area contributed by atoms with Gasteiger partial charge in [-0.1, -0.05) is 19.8 Å². The molecule has 4 atom stereocenters. The average Bonchev–Trinajstić information content (AvgIpc) is 2.18. The van der Waals surface area contributed by atoms with Crippen molar-refractivity contribution in [2.45, 2.75) is 76.4 Å². The number of hydrogen-bond donors (Lipinski definition) is 0. The lowest BCUT2D eigenvalue weighted by Gasteiger charge is -2.54. The summed E-state index contributed by atoms with van der Waals surface area (Å²) in [4.78, 5) is 2.94. The van der Waals surface area contributed by atoms with Crippen LogP contribution in [0.5, 0.6) is 0 Å². The van der Waals surface area contributed by atoms with E-state index in [1.54, 1.807) is 0 Å². The Kier molecular flexibility index (Phi) is 2.31. The molecule has 0 aromatic rings. The highest BCUT2D eigenvalue weighted by Gasteiger charge is 2.41. The van der Waals surface area contributed by atoms with Crippen molar-refractivity contribution < 1.29 is 0 Å². The van der Waals surface area contributed by atoms with Crippen molar-refractivity contribution in [2.24, 2.45) is 5.92 Å². The number of nitrogens with zero attached hydrogens (tertiary/aromatic N) is 1. The van der Waals surface area contributed by atoms with Crippen molar-refractivity contribution in [1.82, 2.24) is 4.90 Å². The summed E-state index contributed by atoms with van der Waals surface area (Å²) in [6.07, 6.45) is 12.0. The Hall–Kier alpha value is -0.0400. The highest BCUT2D eigenvalue weighted by Crippen LogP contribution is 2.41. The van der Waals surface area contributed by atoms with Gasteiger partial charge in [0.25, 0.3) is 0 Å². The third-order valence-corrected chi connectivity index (χ3v) is 4.76. The van der Waals surface area contributed by atoms with E-state index in [1.165, 1.54) is 51.4 Å². The van der Waals surface area contributed by atoms with Gasteiger partial charge in [-0.2, -0.15) is 0 Å². The molecular weight excluding hydrogens is 170 g/mol. The molecule has 80 valence electrons. The first kappa shape index (κ1) is 9.21. The van der Waals surface area contributed by atoms with Crippen LogP contribution in [0.4, 0.5) is 0 Å². The van der Waals surface area contributed by atoms with E-state index in [1.807, 2.05) is 0 Å². The summed E-state index contributed by atoms with van der Waals surface area (Å²) in [5, 5.41) is 0. The number of piperidine rings is 3. The molecule has 0 aromatic heterocycles. The van der Waals surface area contributed by atoms with E-state index in [9.17, 15) is 0 Å². The SMILES string of the molecule is CC1C[C@H]2CCCC3CCC[C@@H](C1)N32. The maximum atomic E-state index is 2.94. The first-order chi connectivity index (χ1) is 6.84. The summed E-state index contributed by atoms with van der Waals surface area (Å²) in [7, 11) is 0. The van der Waals surface area contributed by atoms with E-state index in [-0.39, 0.29) is 0 Å². The third kappa shape index (κ3) is 1.41. The third-order valence-electron chi connectivity index (χ3n) is 4.76. The minimum atomic E-state index is 0.975. The molecule has 0 spiro atoms. The Morgan fingerprint density at radius 2 is 1.29 bits per heavy atom. The molecule has 0 amide bonds. The second-order valence-electron chi connectivity index (χ2n) is 5.85. The summed E-state index contributed by atoms with van der Waals surface area (Å²) < 4.78 is 0. The fraction of sp³-hybridized carbons (Fsp3) is 1.00. The van der Waals surface area contributed by atoms with Gasteiger partial charge in [0.1, 0.15) is 0 Å². The zero-order chi connectivity index (χ0) is 9.54. The van der Waals surface area contributed by atoms with Crippen molar-refractivity contribution >= 4 is 0 Å². The Morgan fingerprint density at radius 3 is 1.86 bits per heavy atom. The molecule has 0 N–H and O–H groups in total. The van der Waals surface area contributed by atoms with Gasteiger partial charge >= 0.3 is 0 Å². The summed E-state index contributed by atoms with van der Waals surface area (Å²) in [6.45, 7) is 2.47. The van der Waals surface area contributed by atoms with Crippen LogP contribution in [0.15, 0.2) is 0 Å².